The van der Waals surface area contributed by atoms with Gasteiger partial charge in [0.25, 0.3) is 6.43 Å². The molecule has 1 fully saturated rings. The third-order valence-corrected chi connectivity index (χ3v) is 6.19. The SMILES string of the molecule is C=C(C)N1CCC(Nc2ncc3c(-c4ccc5nc(C)n(CC(F)F)c5n4)ccn3n2)C(F)C1. The van der Waals surface area contributed by atoms with Crippen molar-refractivity contribution in [3.63, 3.8) is 0 Å². The molecular formula is C23H25F3N8. The van der Waals surface area contributed by atoms with Crippen LogP contribution in [0.2, 0.25) is 0 Å². The van der Waals surface area contributed by atoms with Crippen LogP contribution in [0, 0.1) is 6.92 Å². The van der Waals surface area contributed by atoms with E-state index in [4.69, 9.17) is 0 Å². The predicted molar refractivity (Wildman–Crippen MR) is 124 cm³/mol. The molecule has 0 saturated carbocycles. The highest BCUT2D eigenvalue weighted by Gasteiger charge is 2.29. The van der Waals surface area contributed by atoms with E-state index in [9.17, 15) is 13.2 Å². The van der Waals surface area contributed by atoms with E-state index in [0.717, 1.165) is 17.8 Å². The van der Waals surface area contributed by atoms with Crippen LogP contribution < -0.4 is 5.32 Å². The molecule has 1 aliphatic rings. The number of aromatic nitrogens is 6. The van der Waals surface area contributed by atoms with E-state index in [2.05, 4.69) is 31.9 Å². The number of anilines is 1. The highest BCUT2D eigenvalue weighted by Crippen LogP contribution is 2.27. The van der Waals surface area contributed by atoms with Crippen molar-refractivity contribution in [3.8, 4) is 11.3 Å². The maximum atomic E-state index is 14.7. The zero-order valence-electron chi connectivity index (χ0n) is 18.9. The first kappa shape index (κ1) is 22.2. The van der Waals surface area contributed by atoms with Crippen molar-refractivity contribution in [1.82, 2.24) is 34.0 Å². The maximum absolute atomic E-state index is 14.7. The molecule has 2 unspecified atom stereocenters. The summed E-state index contributed by atoms with van der Waals surface area (Å²) >= 11 is 0. The Morgan fingerprint density at radius 2 is 2.09 bits per heavy atom. The lowest BCUT2D eigenvalue weighted by Gasteiger charge is -2.36. The minimum atomic E-state index is -2.51. The minimum absolute atomic E-state index is 0.290. The van der Waals surface area contributed by atoms with Crippen LogP contribution in [0.1, 0.15) is 19.2 Å². The van der Waals surface area contributed by atoms with Crippen molar-refractivity contribution < 1.29 is 13.2 Å². The van der Waals surface area contributed by atoms with Gasteiger partial charge in [-0.15, -0.1) is 5.10 Å². The standard InChI is InChI=1S/C23H25F3N8/c1-13(2)32-8-7-18(16(24)11-32)30-23-27-10-20-15(6-9-34(20)31-23)17-4-5-19-22(29-17)33(12-21(25)26)14(3)28-19/h4-6,9-10,16,18,21H,1,7-8,11-12H2,2-3H3,(H,30,31). The number of halogens is 3. The van der Waals surface area contributed by atoms with Gasteiger partial charge in [0.15, 0.2) is 5.65 Å². The molecule has 4 aromatic rings. The van der Waals surface area contributed by atoms with Gasteiger partial charge < -0.3 is 14.8 Å². The zero-order valence-corrected chi connectivity index (χ0v) is 18.9. The van der Waals surface area contributed by atoms with E-state index in [1.807, 2.05) is 17.9 Å². The van der Waals surface area contributed by atoms with Gasteiger partial charge in [-0.25, -0.2) is 32.6 Å². The molecule has 34 heavy (non-hydrogen) atoms. The van der Waals surface area contributed by atoms with Gasteiger partial charge in [0, 0.05) is 24.0 Å². The molecule has 2 atom stereocenters. The number of nitrogens with zero attached hydrogens (tertiary/aromatic N) is 7. The molecule has 5 heterocycles. The lowest BCUT2D eigenvalue weighted by Crippen LogP contribution is -2.47. The highest BCUT2D eigenvalue weighted by atomic mass is 19.3. The van der Waals surface area contributed by atoms with Gasteiger partial charge >= 0.3 is 0 Å². The van der Waals surface area contributed by atoms with Gasteiger partial charge in [-0.05, 0) is 38.5 Å². The van der Waals surface area contributed by atoms with Crippen LogP contribution in [0.15, 0.2) is 42.9 Å². The number of aryl methyl sites for hydroxylation is 1. The Bertz CT molecular complexity index is 1360. The number of piperidine rings is 1. The summed E-state index contributed by atoms with van der Waals surface area (Å²) < 4.78 is 43.8. The summed E-state index contributed by atoms with van der Waals surface area (Å²) in [6, 6.07) is 5.02. The van der Waals surface area contributed by atoms with E-state index in [0.29, 0.717) is 47.1 Å². The molecule has 0 spiro atoms. The van der Waals surface area contributed by atoms with Crippen molar-refractivity contribution in [3.05, 3.63) is 48.7 Å². The van der Waals surface area contributed by atoms with E-state index in [1.165, 1.54) is 4.57 Å². The van der Waals surface area contributed by atoms with Crippen molar-refractivity contribution in [1.29, 1.82) is 0 Å². The first-order chi connectivity index (χ1) is 16.3. The quantitative estimate of drug-likeness (QED) is 0.458. The summed E-state index contributed by atoms with van der Waals surface area (Å²) in [6.07, 6.45) is 0.452. The van der Waals surface area contributed by atoms with E-state index < -0.39 is 19.1 Å². The number of fused-ring (bicyclic) bond motifs is 2. The van der Waals surface area contributed by atoms with E-state index in [-0.39, 0.29) is 6.04 Å². The van der Waals surface area contributed by atoms with E-state index in [1.54, 1.807) is 36.0 Å². The molecule has 5 rings (SSSR count). The number of imidazole rings is 1. The van der Waals surface area contributed by atoms with Gasteiger partial charge in [0.2, 0.25) is 5.95 Å². The van der Waals surface area contributed by atoms with E-state index >= 15 is 0 Å². The van der Waals surface area contributed by atoms with Gasteiger partial charge in [-0.2, -0.15) is 0 Å². The Morgan fingerprint density at radius 1 is 1.26 bits per heavy atom. The molecule has 8 nitrogen and oxygen atoms in total. The predicted octanol–water partition coefficient (Wildman–Crippen LogP) is 4.07. The first-order valence-corrected chi connectivity index (χ1v) is 11.1. The summed E-state index contributed by atoms with van der Waals surface area (Å²) in [4.78, 5) is 15.3. The topological polar surface area (TPSA) is 76.2 Å². The summed E-state index contributed by atoms with van der Waals surface area (Å²) in [6.45, 7) is 8.00. The molecule has 1 saturated heterocycles. The normalized spacial score (nSPS) is 18.8. The second-order valence-corrected chi connectivity index (χ2v) is 8.58. The molecule has 1 N–H and O–H groups in total. The van der Waals surface area contributed by atoms with Crippen LogP contribution in [0.4, 0.5) is 19.1 Å². The second kappa shape index (κ2) is 8.62. The molecule has 0 bridgehead atoms. The molecule has 4 aromatic heterocycles. The Kier molecular flexibility index (Phi) is 5.62. The van der Waals surface area contributed by atoms with Crippen LogP contribution in [0.3, 0.4) is 0 Å². The fourth-order valence-corrected chi connectivity index (χ4v) is 4.38. The number of allylic oxidation sites excluding steroid dienone is 1. The average Bonchev–Trinajstić information content (AvgIpc) is 3.35. The highest BCUT2D eigenvalue weighted by molar-refractivity contribution is 5.82. The minimum Gasteiger partial charge on any atom is -0.372 e. The number of alkyl halides is 3. The fourth-order valence-electron chi connectivity index (χ4n) is 4.38. The molecule has 0 aliphatic carbocycles. The average molecular weight is 471 g/mol. The molecule has 0 amide bonds. The summed E-state index contributed by atoms with van der Waals surface area (Å²) in [5, 5.41) is 7.59. The molecule has 178 valence electrons. The monoisotopic (exact) mass is 470 g/mol. The molecule has 1 aliphatic heterocycles. The largest absolute Gasteiger partial charge is 0.372 e. The number of rotatable bonds is 6. The number of hydrogen-bond donors (Lipinski definition) is 1. The van der Waals surface area contributed by atoms with Crippen molar-refractivity contribution in [2.75, 3.05) is 18.4 Å². The van der Waals surface area contributed by atoms with Crippen molar-refractivity contribution >= 4 is 22.6 Å². The number of hydrogen-bond acceptors (Lipinski definition) is 6. The van der Waals surface area contributed by atoms with Crippen molar-refractivity contribution in [2.24, 2.45) is 0 Å². The third kappa shape index (κ3) is 4.06. The molecule has 0 aromatic carbocycles. The van der Waals surface area contributed by atoms with Crippen LogP contribution in [-0.4, -0.2) is 65.8 Å². The number of pyridine rings is 1. The Balaban J connectivity index is 1.41. The van der Waals surface area contributed by atoms with Crippen LogP contribution in [0.25, 0.3) is 27.9 Å². The Labute approximate surface area is 194 Å². The second-order valence-electron chi connectivity index (χ2n) is 8.58. The molecule has 0 radical (unpaired) electrons. The zero-order chi connectivity index (χ0) is 24.0. The van der Waals surface area contributed by atoms with Gasteiger partial charge in [-0.1, -0.05) is 6.58 Å². The van der Waals surface area contributed by atoms with Crippen LogP contribution in [0.5, 0.6) is 0 Å². The third-order valence-electron chi connectivity index (χ3n) is 6.19. The summed E-state index contributed by atoms with van der Waals surface area (Å²) in [5.74, 6) is 0.820. The van der Waals surface area contributed by atoms with Crippen molar-refractivity contribution in [2.45, 2.75) is 45.5 Å². The lowest BCUT2D eigenvalue weighted by atomic mass is 10.0. The van der Waals surface area contributed by atoms with Crippen LogP contribution >= 0.6 is 0 Å². The Hall–Kier alpha value is -3.63. The number of likely N-dealkylation sites (tertiary alicyclic amines) is 1. The fraction of sp³-hybridized carbons (Fsp3) is 0.391. The summed E-state index contributed by atoms with van der Waals surface area (Å²) in [7, 11) is 0. The smallest absolute Gasteiger partial charge is 0.256 e. The summed E-state index contributed by atoms with van der Waals surface area (Å²) in [5.41, 5.74) is 3.89. The van der Waals surface area contributed by atoms with Gasteiger partial charge in [0.1, 0.15) is 17.5 Å². The molecule has 11 heteroatoms. The maximum Gasteiger partial charge on any atom is 0.256 e. The van der Waals surface area contributed by atoms with Gasteiger partial charge in [-0.3, -0.25) is 0 Å². The lowest BCUT2D eigenvalue weighted by molar-refractivity contribution is 0.127. The van der Waals surface area contributed by atoms with Crippen LogP contribution in [-0.2, 0) is 6.54 Å². The number of nitrogens with one attached hydrogen (secondary N) is 1. The van der Waals surface area contributed by atoms with Gasteiger partial charge in [0.05, 0.1) is 36.5 Å². The molecular weight excluding hydrogens is 445 g/mol. The Morgan fingerprint density at radius 3 is 2.82 bits per heavy atom. The first-order valence-electron chi connectivity index (χ1n) is 11.1.